The molecule has 0 saturated carbocycles. The van der Waals surface area contributed by atoms with Crippen molar-refractivity contribution in [3.8, 4) is 0 Å². The molecule has 2 heteroatoms. The van der Waals surface area contributed by atoms with E-state index in [-0.39, 0.29) is 0 Å². The van der Waals surface area contributed by atoms with Crippen molar-refractivity contribution in [3.05, 3.63) is 57.6 Å². The van der Waals surface area contributed by atoms with E-state index in [1.165, 1.54) is 26.9 Å². The summed E-state index contributed by atoms with van der Waals surface area (Å²) in [5.74, 6) is 0. The van der Waals surface area contributed by atoms with Crippen LogP contribution in [0.1, 0.15) is 16.7 Å². The SMILES string of the molecule is Cc1cc(C)c(Nc2ccccc2)c(C)c1Br. The Bertz CT molecular complexity index is 532. The minimum atomic E-state index is 1.12. The molecule has 0 aliphatic carbocycles. The maximum Gasteiger partial charge on any atom is 0.0455 e. The molecule has 0 radical (unpaired) electrons. The molecule has 0 fully saturated rings. The van der Waals surface area contributed by atoms with Gasteiger partial charge in [-0.25, -0.2) is 0 Å². The van der Waals surface area contributed by atoms with Crippen molar-refractivity contribution in [3.63, 3.8) is 0 Å². The van der Waals surface area contributed by atoms with E-state index in [0.717, 1.165) is 5.69 Å². The largest absolute Gasteiger partial charge is 0.355 e. The summed E-state index contributed by atoms with van der Waals surface area (Å²) >= 11 is 3.64. The lowest BCUT2D eigenvalue weighted by molar-refractivity contribution is 1.28. The maximum atomic E-state index is 3.64. The number of halogens is 1. The first-order chi connectivity index (χ1) is 8.09. The molecule has 0 saturated heterocycles. The van der Waals surface area contributed by atoms with Crippen LogP contribution in [0.25, 0.3) is 0 Å². The molecule has 0 amide bonds. The Morgan fingerprint density at radius 3 is 2.24 bits per heavy atom. The van der Waals surface area contributed by atoms with Gasteiger partial charge in [-0.3, -0.25) is 0 Å². The van der Waals surface area contributed by atoms with Gasteiger partial charge < -0.3 is 5.32 Å². The van der Waals surface area contributed by atoms with Gasteiger partial charge in [0.15, 0.2) is 0 Å². The van der Waals surface area contributed by atoms with Gasteiger partial charge in [-0.2, -0.15) is 0 Å². The van der Waals surface area contributed by atoms with Gasteiger partial charge in [-0.05, 0) is 49.6 Å². The molecule has 0 unspecified atom stereocenters. The molecule has 0 bridgehead atoms. The van der Waals surface area contributed by atoms with Crippen molar-refractivity contribution in [2.24, 2.45) is 0 Å². The van der Waals surface area contributed by atoms with Crippen LogP contribution >= 0.6 is 15.9 Å². The van der Waals surface area contributed by atoms with Gasteiger partial charge in [0.2, 0.25) is 0 Å². The van der Waals surface area contributed by atoms with Gasteiger partial charge in [-0.1, -0.05) is 40.2 Å². The molecule has 0 aliphatic heterocycles. The fourth-order valence-electron chi connectivity index (χ4n) is 2.02. The summed E-state index contributed by atoms with van der Waals surface area (Å²) in [6.07, 6.45) is 0. The smallest absolute Gasteiger partial charge is 0.0455 e. The fourth-order valence-corrected chi connectivity index (χ4v) is 2.33. The lowest BCUT2D eigenvalue weighted by atomic mass is 10.0. The molecule has 2 aromatic carbocycles. The third-order valence-corrected chi connectivity index (χ3v) is 4.14. The molecule has 0 atom stereocenters. The second-order valence-corrected chi connectivity index (χ2v) is 5.11. The van der Waals surface area contributed by atoms with Gasteiger partial charge in [0.05, 0.1) is 0 Å². The summed E-state index contributed by atoms with van der Waals surface area (Å²) in [5, 5.41) is 3.48. The number of aryl methyl sites for hydroxylation is 2. The minimum Gasteiger partial charge on any atom is -0.355 e. The molecule has 88 valence electrons. The minimum absolute atomic E-state index is 1.12. The monoisotopic (exact) mass is 289 g/mol. The number of hydrogen-bond acceptors (Lipinski definition) is 1. The predicted octanol–water partition coefficient (Wildman–Crippen LogP) is 5.12. The van der Waals surface area contributed by atoms with Crippen LogP contribution < -0.4 is 5.32 Å². The summed E-state index contributed by atoms with van der Waals surface area (Å²) in [7, 11) is 0. The Hall–Kier alpha value is -1.28. The van der Waals surface area contributed by atoms with Crippen LogP contribution in [-0.2, 0) is 0 Å². The lowest BCUT2D eigenvalue weighted by Crippen LogP contribution is -1.98. The van der Waals surface area contributed by atoms with Gasteiger partial charge in [0, 0.05) is 15.8 Å². The van der Waals surface area contributed by atoms with Crippen molar-refractivity contribution >= 4 is 27.3 Å². The Balaban J connectivity index is 2.43. The van der Waals surface area contributed by atoms with E-state index >= 15 is 0 Å². The molecule has 2 rings (SSSR count). The van der Waals surface area contributed by atoms with Crippen LogP contribution in [0.15, 0.2) is 40.9 Å². The lowest BCUT2D eigenvalue weighted by Gasteiger charge is -2.16. The highest BCUT2D eigenvalue weighted by molar-refractivity contribution is 9.10. The van der Waals surface area contributed by atoms with E-state index in [9.17, 15) is 0 Å². The van der Waals surface area contributed by atoms with Crippen LogP contribution in [-0.4, -0.2) is 0 Å². The highest BCUT2D eigenvalue weighted by Gasteiger charge is 2.08. The molecule has 0 aromatic heterocycles. The number of benzene rings is 2. The third-order valence-electron chi connectivity index (χ3n) is 2.92. The van der Waals surface area contributed by atoms with Crippen LogP contribution in [0, 0.1) is 20.8 Å². The molecule has 0 heterocycles. The molecule has 17 heavy (non-hydrogen) atoms. The number of nitrogens with one attached hydrogen (secondary N) is 1. The Morgan fingerprint density at radius 1 is 0.941 bits per heavy atom. The zero-order valence-corrected chi connectivity index (χ0v) is 11.9. The van der Waals surface area contributed by atoms with E-state index in [1.807, 2.05) is 18.2 Å². The van der Waals surface area contributed by atoms with Crippen molar-refractivity contribution in [1.29, 1.82) is 0 Å². The molecular weight excluding hydrogens is 274 g/mol. The fraction of sp³-hybridized carbons (Fsp3) is 0.200. The average molecular weight is 290 g/mol. The van der Waals surface area contributed by atoms with E-state index in [0.29, 0.717) is 0 Å². The summed E-state index contributed by atoms with van der Waals surface area (Å²) in [6, 6.07) is 12.4. The highest BCUT2D eigenvalue weighted by atomic mass is 79.9. The predicted molar refractivity (Wildman–Crippen MR) is 78.1 cm³/mol. The van der Waals surface area contributed by atoms with Crippen LogP contribution in [0.5, 0.6) is 0 Å². The standard InChI is InChI=1S/C15H16BrN/c1-10-9-11(2)15(12(3)14(10)16)17-13-7-5-4-6-8-13/h4-9,17H,1-3H3. The van der Waals surface area contributed by atoms with E-state index in [4.69, 9.17) is 0 Å². The van der Waals surface area contributed by atoms with Crippen molar-refractivity contribution in [1.82, 2.24) is 0 Å². The first-order valence-electron chi connectivity index (χ1n) is 5.68. The molecular formula is C15H16BrN. The molecule has 1 N–H and O–H groups in total. The number of hydrogen-bond donors (Lipinski definition) is 1. The van der Waals surface area contributed by atoms with E-state index in [2.05, 4.69) is 60.2 Å². The Morgan fingerprint density at radius 2 is 1.59 bits per heavy atom. The summed E-state index contributed by atoms with van der Waals surface area (Å²) in [5.41, 5.74) is 6.11. The molecule has 1 nitrogen and oxygen atoms in total. The normalized spacial score (nSPS) is 10.4. The van der Waals surface area contributed by atoms with E-state index < -0.39 is 0 Å². The van der Waals surface area contributed by atoms with Crippen molar-refractivity contribution in [2.75, 3.05) is 5.32 Å². The topological polar surface area (TPSA) is 12.0 Å². The third kappa shape index (κ3) is 2.52. The number of para-hydroxylation sites is 1. The average Bonchev–Trinajstić information content (AvgIpc) is 2.33. The molecule has 0 aliphatic rings. The second kappa shape index (κ2) is 4.92. The molecule has 0 spiro atoms. The van der Waals surface area contributed by atoms with Crippen LogP contribution in [0.4, 0.5) is 11.4 Å². The zero-order chi connectivity index (χ0) is 12.4. The number of rotatable bonds is 2. The quantitative estimate of drug-likeness (QED) is 0.809. The van der Waals surface area contributed by atoms with Crippen molar-refractivity contribution < 1.29 is 0 Å². The first kappa shape index (κ1) is 12.2. The maximum absolute atomic E-state index is 3.64. The zero-order valence-electron chi connectivity index (χ0n) is 10.3. The van der Waals surface area contributed by atoms with Gasteiger partial charge >= 0.3 is 0 Å². The molecule has 2 aromatic rings. The summed E-state index contributed by atoms with van der Waals surface area (Å²) in [6.45, 7) is 6.39. The Labute approximate surface area is 111 Å². The second-order valence-electron chi connectivity index (χ2n) is 4.32. The van der Waals surface area contributed by atoms with Crippen LogP contribution in [0.3, 0.4) is 0 Å². The van der Waals surface area contributed by atoms with Gasteiger partial charge in [0.1, 0.15) is 0 Å². The summed E-state index contributed by atoms with van der Waals surface area (Å²) < 4.78 is 1.18. The van der Waals surface area contributed by atoms with Gasteiger partial charge in [0.25, 0.3) is 0 Å². The highest BCUT2D eigenvalue weighted by Crippen LogP contribution is 2.32. The summed E-state index contributed by atoms with van der Waals surface area (Å²) in [4.78, 5) is 0. The number of anilines is 2. The Kier molecular flexibility index (Phi) is 3.53. The van der Waals surface area contributed by atoms with E-state index in [1.54, 1.807) is 0 Å². The van der Waals surface area contributed by atoms with Crippen LogP contribution in [0.2, 0.25) is 0 Å². The van der Waals surface area contributed by atoms with Gasteiger partial charge in [-0.15, -0.1) is 0 Å². The van der Waals surface area contributed by atoms with Crippen molar-refractivity contribution in [2.45, 2.75) is 20.8 Å². The first-order valence-corrected chi connectivity index (χ1v) is 6.47.